The zero-order chi connectivity index (χ0) is 23.8. The van der Waals surface area contributed by atoms with Crippen molar-refractivity contribution in [3.05, 3.63) is 60.8 Å². The molecule has 178 valence electrons. The fourth-order valence-electron chi connectivity index (χ4n) is 4.99. The second kappa shape index (κ2) is 8.99. The predicted octanol–water partition coefficient (Wildman–Crippen LogP) is 4.52. The van der Waals surface area contributed by atoms with Gasteiger partial charge in [0, 0.05) is 23.5 Å². The number of benzene rings is 2. The van der Waals surface area contributed by atoms with Crippen molar-refractivity contribution in [2.45, 2.75) is 38.4 Å². The number of carbonyl (C=O) groups excluding carboxylic acids is 1. The maximum absolute atomic E-state index is 12.3. The van der Waals surface area contributed by atoms with Crippen LogP contribution in [-0.4, -0.2) is 51.1 Å². The minimum Gasteiger partial charge on any atom is -0.377 e. The summed E-state index contributed by atoms with van der Waals surface area (Å²) in [5, 5.41) is 11.2. The fraction of sp³-hybridized carbons (Fsp3) is 0.308. The highest BCUT2D eigenvalue weighted by Crippen LogP contribution is 2.37. The zero-order valence-corrected chi connectivity index (χ0v) is 19.5. The lowest BCUT2D eigenvalue weighted by Gasteiger charge is -2.36. The SMILES string of the molecule is CCn1ncc2c(N3C4CCC3COC4)nc(-c3ccc(NC(=O)Nc4ccccc4)cc3)nc21. The van der Waals surface area contributed by atoms with Crippen LogP contribution in [0.4, 0.5) is 22.0 Å². The molecule has 2 unspecified atom stereocenters. The molecule has 2 atom stereocenters. The Kier molecular flexibility index (Phi) is 5.54. The molecule has 2 fully saturated rings. The summed E-state index contributed by atoms with van der Waals surface area (Å²) in [6.45, 7) is 4.25. The van der Waals surface area contributed by atoms with Crippen molar-refractivity contribution < 1.29 is 9.53 Å². The Morgan fingerprint density at radius 3 is 2.34 bits per heavy atom. The third kappa shape index (κ3) is 4.08. The van der Waals surface area contributed by atoms with E-state index in [2.05, 4.69) is 27.6 Å². The van der Waals surface area contributed by atoms with Gasteiger partial charge in [-0.1, -0.05) is 18.2 Å². The first-order valence-corrected chi connectivity index (χ1v) is 12.0. The molecule has 2 aromatic carbocycles. The van der Waals surface area contributed by atoms with Gasteiger partial charge in [0.1, 0.15) is 5.82 Å². The molecule has 2 amide bonds. The zero-order valence-electron chi connectivity index (χ0n) is 19.5. The number of hydrogen-bond acceptors (Lipinski definition) is 6. The number of rotatable bonds is 5. The van der Waals surface area contributed by atoms with E-state index in [0.717, 1.165) is 60.7 Å². The van der Waals surface area contributed by atoms with Crippen LogP contribution >= 0.6 is 0 Å². The predicted molar refractivity (Wildman–Crippen MR) is 136 cm³/mol. The summed E-state index contributed by atoms with van der Waals surface area (Å²) in [7, 11) is 0. The summed E-state index contributed by atoms with van der Waals surface area (Å²) >= 11 is 0. The van der Waals surface area contributed by atoms with Gasteiger partial charge >= 0.3 is 6.03 Å². The first kappa shape index (κ1) is 21.5. The highest BCUT2D eigenvalue weighted by atomic mass is 16.5. The molecule has 2 saturated heterocycles. The Labute approximate surface area is 203 Å². The third-order valence-corrected chi connectivity index (χ3v) is 6.69. The van der Waals surface area contributed by atoms with E-state index >= 15 is 0 Å². The summed E-state index contributed by atoms with van der Waals surface area (Å²) in [6, 6.07) is 17.3. The summed E-state index contributed by atoms with van der Waals surface area (Å²) in [4.78, 5) is 24.7. The van der Waals surface area contributed by atoms with Gasteiger partial charge in [0.2, 0.25) is 0 Å². The normalized spacial score (nSPS) is 19.2. The molecule has 6 rings (SSSR count). The van der Waals surface area contributed by atoms with Gasteiger partial charge < -0.3 is 20.3 Å². The van der Waals surface area contributed by atoms with Gasteiger partial charge in [0.15, 0.2) is 11.5 Å². The smallest absolute Gasteiger partial charge is 0.323 e. The van der Waals surface area contributed by atoms with Crippen molar-refractivity contribution in [2.75, 3.05) is 28.7 Å². The Morgan fingerprint density at radius 1 is 0.971 bits per heavy atom. The second-order valence-corrected chi connectivity index (χ2v) is 8.92. The molecular formula is C26H27N7O2. The molecule has 0 spiro atoms. The number of anilines is 3. The molecule has 2 aromatic heterocycles. The number of amides is 2. The minimum atomic E-state index is -0.293. The number of nitrogens with zero attached hydrogens (tertiary/aromatic N) is 5. The van der Waals surface area contributed by atoms with Crippen molar-refractivity contribution >= 4 is 34.3 Å². The van der Waals surface area contributed by atoms with Crippen LogP contribution in [0.2, 0.25) is 0 Å². The highest BCUT2D eigenvalue weighted by molar-refractivity contribution is 5.99. The van der Waals surface area contributed by atoms with Gasteiger partial charge in [-0.3, -0.25) is 0 Å². The van der Waals surface area contributed by atoms with Gasteiger partial charge in [0.05, 0.1) is 36.9 Å². The molecule has 2 N–H and O–H groups in total. The maximum atomic E-state index is 12.3. The minimum absolute atomic E-state index is 0.293. The number of urea groups is 1. The number of fused-ring (bicyclic) bond motifs is 3. The van der Waals surface area contributed by atoms with Crippen molar-refractivity contribution in [1.82, 2.24) is 19.7 Å². The number of nitrogens with one attached hydrogen (secondary N) is 2. The Bertz CT molecular complexity index is 1340. The van der Waals surface area contributed by atoms with Crippen molar-refractivity contribution in [3.8, 4) is 11.4 Å². The molecular weight excluding hydrogens is 442 g/mol. The molecule has 0 radical (unpaired) electrons. The number of para-hydroxylation sites is 1. The summed E-state index contributed by atoms with van der Waals surface area (Å²) < 4.78 is 7.71. The molecule has 2 bridgehead atoms. The maximum Gasteiger partial charge on any atom is 0.323 e. The van der Waals surface area contributed by atoms with Gasteiger partial charge in [-0.15, -0.1) is 0 Å². The van der Waals surface area contributed by atoms with E-state index in [-0.39, 0.29) is 6.03 Å². The average Bonchev–Trinajstić information content (AvgIpc) is 3.41. The van der Waals surface area contributed by atoms with Crippen LogP contribution in [0.5, 0.6) is 0 Å². The first-order valence-electron chi connectivity index (χ1n) is 12.0. The molecule has 9 nitrogen and oxygen atoms in total. The van der Waals surface area contributed by atoms with E-state index < -0.39 is 0 Å². The van der Waals surface area contributed by atoms with Gasteiger partial charge in [0.25, 0.3) is 0 Å². The lowest BCUT2D eigenvalue weighted by Crippen LogP contribution is -2.46. The van der Waals surface area contributed by atoms with E-state index in [1.807, 2.05) is 65.5 Å². The van der Waals surface area contributed by atoms with E-state index in [1.165, 1.54) is 0 Å². The van der Waals surface area contributed by atoms with Crippen LogP contribution in [0.15, 0.2) is 60.8 Å². The van der Waals surface area contributed by atoms with E-state index in [9.17, 15) is 4.79 Å². The molecule has 0 aliphatic carbocycles. The van der Waals surface area contributed by atoms with Crippen LogP contribution in [0.1, 0.15) is 19.8 Å². The van der Waals surface area contributed by atoms with Gasteiger partial charge in [-0.05, 0) is 56.2 Å². The van der Waals surface area contributed by atoms with Crippen LogP contribution in [0, 0.1) is 0 Å². The van der Waals surface area contributed by atoms with Gasteiger partial charge in [-0.25, -0.2) is 19.4 Å². The molecule has 2 aliphatic rings. The van der Waals surface area contributed by atoms with Crippen LogP contribution in [0.3, 0.4) is 0 Å². The van der Waals surface area contributed by atoms with E-state index in [1.54, 1.807) is 0 Å². The Balaban J connectivity index is 1.30. The van der Waals surface area contributed by atoms with E-state index in [4.69, 9.17) is 14.7 Å². The van der Waals surface area contributed by atoms with Crippen LogP contribution < -0.4 is 15.5 Å². The number of hydrogen-bond donors (Lipinski definition) is 2. The third-order valence-electron chi connectivity index (χ3n) is 6.69. The molecule has 9 heteroatoms. The molecule has 35 heavy (non-hydrogen) atoms. The first-order chi connectivity index (χ1) is 17.2. The topological polar surface area (TPSA) is 97.2 Å². The lowest BCUT2D eigenvalue weighted by atomic mass is 10.1. The molecule has 2 aliphatic heterocycles. The van der Waals surface area contributed by atoms with Crippen molar-refractivity contribution in [2.24, 2.45) is 0 Å². The molecule has 0 saturated carbocycles. The fourth-order valence-corrected chi connectivity index (χ4v) is 4.99. The van der Waals surface area contributed by atoms with Gasteiger partial charge in [-0.2, -0.15) is 5.10 Å². The quantitative estimate of drug-likeness (QED) is 0.446. The largest absolute Gasteiger partial charge is 0.377 e. The standard InChI is InChI=1S/C26H27N7O2/c1-2-32-24-22(14-27-32)25(33-20-12-13-21(33)16-35-15-20)31-23(30-24)17-8-10-19(11-9-17)29-26(34)28-18-6-4-3-5-7-18/h3-11,14,20-21H,2,12-13,15-16H2,1H3,(H2,28,29,34). The Morgan fingerprint density at radius 2 is 1.66 bits per heavy atom. The molecule has 4 aromatic rings. The lowest BCUT2D eigenvalue weighted by molar-refractivity contribution is 0.0904. The summed E-state index contributed by atoms with van der Waals surface area (Å²) in [6.07, 6.45) is 4.10. The Hall–Kier alpha value is -3.98. The summed E-state index contributed by atoms with van der Waals surface area (Å²) in [5.41, 5.74) is 3.14. The number of carbonyl (C=O) groups is 1. The monoisotopic (exact) mass is 469 g/mol. The van der Waals surface area contributed by atoms with Crippen LogP contribution in [-0.2, 0) is 11.3 Å². The number of ether oxygens (including phenoxy) is 1. The van der Waals surface area contributed by atoms with Crippen molar-refractivity contribution in [3.63, 3.8) is 0 Å². The number of aromatic nitrogens is 4. The molecule has 4 heterocycles. The van der Waals surface area contributed by atoms with Crippen LogP contribution in [0.25, 0.3) is 22.4 Å². The number of aryl methyl sites for hydroxylation is 1. The average molecular weight is 470 g/mol. The summed E-state index contributed by atoms with van der Waals surface area (Å²) in [5.74, 6) is 1.58. The van der Waals surface area contributed by atoms with E-state index in [0.29, 0.717) is 23.6 Å². The van der Waals surface area contributed by atoms with Crippen molar-refractivity contribution in [1.29, 1.82) is 0 Å². The second-order valence-electron chi connectivity index (χ2n) is 8.92. The number of morpholine rings is 1. The highest BCUT2D eigenvalue weighted by Gasteiger charge is 2.39.